The molecule has 0 saturated carbocycles. The summed E-state index contributed by atoms with van der Waals surface area (Å²) >= 11 is 12.0. The number of fused-ring (bicyclic) bond motifs is 1. The maximum atomic E-state index is 6.33. The second kappa shape index (κ2) is 5.80. The van der Waals surface area contributed by atoms with Gasteiger partial charge in [0.1, 0.15) is 15.8 Å². The lowest BCUT2D eigenvalue weighted by atomic mass is 10.2. The number of aromatic nitrogens is 2. The summed E-state index contributed by atoms with van der Waals surface area (Å²) in [6.07, 6.45) is 1.16. The lowest BCUT2D eigenvalue weighted by molar-refractivity contribution is 0.755. The van der Waals surface area contributed by atoms with Gasteiger partial charge in [-0.2, -0.15) is 11.8 Å². The Morgan fingerprint density at radius 2 is 2.11 bits per heavy atom. The number of thioether (sulfide) groups is 2. The molecule has 0 amide bonds. The zero-order chi connectivity index (χ0) is 13.4. The van der Waals surface area contributed by atoms with E-state index >= 15 is 0 Å². The largest absolute Gasteiger partial charge is 0.221 e. The summed E-state index contributed by atoms with van der Waals surface area (Å²) in [5.41, 5.74) is 0. The molecule has 6 heteroatoms. The van der Waals surface area contributed by atoms with E-state index < -0.39 is 0 Å². The zero-order valence-corrected chi connectivity index (χ0v) is 14.1. The van der Waals surface area contributed by atoms with Crippen molar-refractivity contribution >= 4 is 56.7 Å². The molecule has 3 heterocycles. The Morgan fingerprint density at radius 3 is 2.89 bits per heavy atom. The summed E-state index contributed by atoms with van der Waals surface area (Å²) in [6, 6.07) is 2.08. The van der Waals surface area contributed by atoms with Crippen molar-refractivity contribution < 1.29 is 0 Å². The average molecular weight is 331 g/mol. The molecule has 0 bridgehead atoms. The molecule has 0 aromatic carbocycles. The summed E-state index contributed by atoms with van der Waals surface area (Å²) in [7, 11) is 0. The van der Waals surface area contributed by atoms with Crippen molar-refractivity contribution in [1.82, 2.24) is 9.97 Å². The third-order valence-electron chi connectivity index (χ3n) is 3.19. The molecule has 3 rings (SSSR count). The van der Waals surface area contributed by atoms with Crippen molar-refractivity contribution in [3.8, 4) is 0 Å². The van der Waals surface area contributed by atoms with Gasteiger partial charge in [0.25, 0.3) is 0 Å². The number of rotatable bonds is 2. The molecular formula is C13H15ClN2S3. The molecule has 1 fully saturated rings. The Bertz CT molecular complexity index is 599. The van der Waals surface area contributed by atoms with Crippen molar-refractivity contribution in [1.29, 1.82) is 0 Å². The van der Waals surface area contributed by atoms with E-state index in [1.165, 1.54) is 16.4 Å². The molecule has 0 spiro atoms. The number of hydrogen-bond donors (Lipinski definition) is 0. The zero-order valence-electron chi connectivity index (χ0n) is 10.9. The topological polar surface area (TPSA) is 25.8 Å². The predicted molar refractivity (Wildman–Crippen MR) is 88.9 cm³/mol. The highest BCUT2D eigenvalue weighted by molar-refractivity contribution is 8.06. The highest BCUT2D eigenvalue weighted by Crippen LogP contribution is 2.43. The van der Waals surface area contributed by atoms with Crippen LogP contribution in [0, 0.1) is 6.92 Å². The van der Waals surface area contributed by atoms with Gasteiger partial charge in [0.05, 0.1) is 5.25 Å². The molecule has 2 aromatic rings. The quantitative estimate of drug-likeness (QED) is 0.727. The van der Waals surface area contributed by atoms with Crippen LogP contribution in [0.4, 0.5) is 0 Å². The summed E-state index contributed by atoms with van der Waals surface area (Å²) in [5, 5.41) is 2.59. The molecule has 0 radical (unpaired) electrons. The van der Waals surface area contributed by atoms with Crippen molar-refractivity contribution in [3.63, 3.8) is 0 Å². The first-order chi connectivity index (χ1) is 9.19. The standard InChI is InChI=1S/C13H15ClN2S3/c1-3-9-10(18-5-4-17-9)12-15-11(14)8-6-7(2)19-13(8)16-12/h6,9-10H,3-5H2,1-2H3. The van der Waals surface area contributed by atoms with E-state index in [9.17, 15) is 0 Å². The first kappa shape index (κ1) is 14.0. The van der Waals surface area contributed by atoms with Gasteiger partial charge < -0.3 is 0 Å². The highest BCUT2D eigenvalue weighted by Gasteiger charge is 2.29. The molecule has 102 valence electrons. The normalized spacial score (nSPS) is 23.9. The maximum absolute atomic E-state index is 6.33. The number of hydrogen-bond acceptors (Lipinski definition) is 5. The molecule has 2 atom stereocenters. The minimum atomic E-state index is 0.382. The molecule has 0 aliphatic carbocycles. The monoisotopic (exact) mass is 330 g/mol. The van der Waals surface area contributed by atoms with Crippen LogP contribution in [0.3, 0.4) is 0 Å². The molecule has 1 saturated heterocycles. The van der Waals surface area contributed by atoms with Crippen LogP contribution in [-0.4, -0.2) is 26.7 Å². The van der Waals surface area contributed by atoms with Crippen LogP contribution in [0.2, 0.25) is 5.15 Å². The Kier molecular flexibility index (Phi) is 4.27. The van der Waals surface area contributed by atoms with E-state index in [-0.39, 0.29) is 0 Å². The molecule has 2 nitrogen and oxygen atoms in total. The minimum Gasteiger partial charge on any atom is -0.221 e. The van der Waals surface area contributed by atoms with Crippen molar-refractivity contribution in [3.05, 3.63) is 21.9 Å². The third kappa shape index (κ3) is 2.75. The molecule has 1 aliphatic heterocycles. The molecule has 2 aromatic heterocycles. The lowest BCUT2D eigenvalue weighted by Gasteiger charge is -2.28. The van der Waals surface area contributed by atoms with Gasteiger partial charge in [-0.1, -0.05) is 18.5 Å². The van der Waals surface area contributed by atoms with Crippen LogP contribution in [-0.2, 0) is 0 Å². The summed E-state index contributed by atoms with van der Waals surface area (Å²) in [6.45, 7) is 4.33. The van der Waals surface area contributed by atoms with Crippen molar-refractivity contribution in [2.45, 2.75) is 30.8 Å². The van der Waals surface area contributed by atoms with Crippen molar-refractivity contribution in [2.75, 3.05) is 11.5 Å². The van der Waals surface area contributed by atoms with Crippen LogP contribution in [0.25, 0.3) is 10.2 Å². The van der Waals surface area contributed by atoms with Gasteiger partial charge >= 0.3 is 0 Å². The van der Waals surface area contributed by atoms with Crippen LogP contribution >= 0.6 is 46.5 Å². The predicted octanol–water partition coefficient (Wildman–Crippen LogP) is 4.95. The van der Waals surface area contributed by atoms with Gasteiger partial charge in [-0.3, -0.25) is 0 Å². The SMILES string of the molecule is CCC1SCCSC1c1nc(Cl)c2cc(C)sc2n1. The molecule has 2 unspecified atom stereocenters. The van der Waals surface area contributed by atoms with Crippen molar-refractivity contribution in [2.24, 2.45) is 0 Å². The summed E-state index contributed by atoms with van der Waals surface area (Å²) in [5.74, 6) is 3.32. The van der Waals surface area contributed by atoms with E-state index in [2.05, 4.69) is 24.9 Å². The van der Waals surface area contributed by atoms with Crippen LogP contribution < -0.4 is 0 Å². The van der Waals surface area contributed by atoms with Gasteiger partial charge in [0, 0.05) is 27.0 Å². The third-order valence-corrected chi connectivity index (χ3v) is 7.67. The highest BCUT2D eigenvalue weighted by atomic mass is 35.5. The average Bonchev–Trinajstić information content (AvgIpc) is 2.79. The second-order valence-electron chi connectivity index (χ2n) is 4.56. The minimum absolute atomic E-state index is 0.382. The summed E-state index contributed by atoms with van der Waals surface area (Å²) < 4.78 is 0. The first-order valence-corrected chi connectivity index (χ1v) is 9.65. The number of halogens is 1. The van der Waals surface area contributed by atoms with Gasteiger partial charge in [0.15, 0.2) is 0 Å². The van der Waals surface area contributed by atoms with E-state index in [0.717, 1.165) is 22.5 Å². The van der Waals surface area contributed by atoms with Crippen LogP contribution in [0.5, 0.6) is 0 Å². The van der Waals surface area contributed by atoms with Gasteiger partial charge in [-0.25, -0.2) is 9.97 Å². The smallest absolute Gasteiger partial charge is 0.145 e. The van der Waals surface area contributed by atoms with Gasteiger partial charge in [-0.15, -0.1) is 23.1 Å². The fourth-order valence-corrected chi connectivity index (χ4v) is 6.46. The van der Waals surface area contributed by atoms with Gasteiger partial charge in [0.2, 0.25) is 0 Å². The molecule has 19 heavy (non-hydrogen) atoms. The Balaban J connectivity index is 2.03. The van der Waals surface area contributed by atoms with Crippen LogP contribution in [0.15, 0.2) is 6.07 Å². The first-order valence-electron chi connectivity index (χ1n) is 6.36. The summed E-state index contributed by atoms with van der Waals surface area (Å²) in [4.78, 5) is 11.6. The maximum Gasteiger partial charge on any atom is 0.145 e. The van der Waals surface area contributed by atoms with E-state index in [1.807, 2.05) is 23.5 Å². The number of aryl methyl sites for hydroxylation is 1. The lowest BCUT2D eigenvalue weighted by Crippen LogP contribution is -2.20. The molecular weight excluding hydrogens is 316 g/mol. The fourth-order valence-electron chi connectivity index (χ4n) is 2.29. The number of thiophene rings is 1. The molecule has 1 aliphatic rings. The van der Waals surface area contributed by atoms with E-state index in [1.54, 1.807) is 11.3 Å². The fraction of sp³-hybridized carbons (Fsp3) is 0.538. The number of nitrogens with zero attached hydrogens (tertiary/aromatic N) is 2. The Morgan fingerprint density at radius 1 is 1.32 bits per heavy atom. The second-order valence-corrected chi connectivity index (χ2v) is 8.75. The Labute approximate surface area is 130 Å². The van der Waals surface area contributed by atoms with E-state index in [4.69, 9.17) is 16.6 Å². The van der Waals surface area contributed by atoms with Crippen LogP contribution in [0.1, 0.15) is 29.3 Å². The molecule has 0 N–H and O–H groups in total. The van der Waals surface area contributed by atoms with E-state index in [0.29, 0.717) is 15.7 Å². The Hall–Kier alpha value is 0.0300. The van der Waals surface area contributed by atoms with Gasteiger partial charge in [-0.05, 0) is 19.4 Å².